The van der Waals surface area contributed by atoms with E-state index in [-0.39, 0.29) is 31.1 Å². The Morgan fingerprint density at radius 2 is 0.478 bits per heavy atom. The van der Waals surface area contributed by atoms with Crippen LogP contribution in [0.5, 0.6) is 0 Å². The van der Waals surface area contributed by atoms with Gasteiger partial charge in [0.05, 0.1) is 0 Å². The van der Waals surface area contributed by atoms with Crippen LogP contribution in [0.2, 0.25) is 0 Å². The Hall–Kier alpha value is -1.59. The molecule has 0 heterocycles. The largest absolute Gasteiger partial charge is 0.462 e. The standard InChI is InChI=1S/C63H122O6/c1-5-7-9-11-13-15-17-19-21-23-24-25-27-30-34-38-42-46-50-54-61(64)67-57-60(69-63(66)56-52-48-44-40-36-31-26-22-20-18-16-14-12-10-8-6-2)58-68-62(65)55-51-47-43-39-35-32-28-29-33-37-41-45-49-53-59(3)4/h59-60H,5-58H2,1-4H3/t60-/m0/s1. The third-order valence-electron chi connectivity index (χ3n) is 14.5. The number of unbranched alkanes of at least 4 members (excludes halogenated alkanes) is 45. The highest BCUT2D eigenvalue weighted by atomic mass is 16.6. The number of hydrogen-bond donors (Lipinski definition) is 0. The Kier molecular flexibility index (Phi) is 56.0. The molecular weight excluding hydrogens is 853 g/mol. The van der Waals surface area contributed by atoms with Crippen LogP contribution in [0.3, 0.4) is 0 Å². The van der Waals surface area contributed by atoms with Crippen molar-refractivity contribution in [1.29, 1.82) is 0 Å². The highest BCUT2D eigenvalue weighted by molar-refractivity contribution is 5.71. The molecule has 0 bridgehead atoms. The predicted molar refractivity (Wildman–Crippen MR) is 298 cm³/mol. The molecule has 0 saturated heterocycles. The molecule has 0 amide bonds. The van der Waals surface area contributed by atoms with Gasteiger partial charge in [-0.25, -0.2) is 0 Å². The van der Waals surface area contributed by atoms with E-state index in [0.29, 0.717) is 19.3 Å². The van der Waals surface area contributed by atoms with Gasteiger partial charge in [-0.1, -0.05) is 323 Å². The van der Waals surface area contributed by atoms with Gasteiger partial charge < -0.3 is 14.2 Å². The number of rotatable bonds is 58. The van der Waals surface area contributed by atoms with Gasteiger partial charge in [0.15, 0.2) is 6.10 Å². The Morgan fingerprint density at radius 1 is 0.275 bits per heavy atom. The lowest BCUT2D eigenvalue weighted by atomic mass is 10.0. The molecule has 0 aliphatic heterocycles. The van der Waals surface area contributed by atoms with Gasteiger partial charge in [-0.05, 0) is 25.2 Å². The smallest absolute Gasteiger partial charge is 0.306 e. The lowest BCUT2D eigenvalue weighted by Gasteiger charge is -2.18. The molecular formula is C63H122O6. The summed E-state index contributed by atoms with van der Waals surface area (Å²) >= 11 is 0. The van der Waals surface area contributed by atoms with Crippen molar-refractivity contribution in [3.05, 3.63) is 0 Å². The highest BCUT2D eigenvalue weighted by Crippen LogP contribution is 2.19. The van der Waals surface area contributed by atoms with Crippen LogP contribution < -0.4 is 0 Å². The van der Waals surface area contributed by atoms with E-state index in [9.17, 15) is 14.4 Å². The minimum Gasteiger partial charge on any atom is -0.462 e. The second-order valence-corrected chi connectivity index (χ2v) is 22.2. The Balaban J connectivity index is 4.28. The summed E-state index contributed by atoms with van der Waals surface area (Å²) < 4.78 is 16.9. The third kappa shape index (κ3) is 57.2. The van der Waals surface area contributed by atoms with Crippen molar-refractivity contribution < 1.29 is 28.6 Å². The molecule has 410 valence electrons. The average Bonchev–Trinajstić information content (AvgIpc) is 3.34. The summed E-state index contributed by atoms with van der Waals surface area (Å²) in [6.45, 7) is 9.08. The maximum Gasteiger partial charge on any atom is 0.306 e. The van der Waals surface area contributed by atoms with E-state index >= 15 is 0 Å². The van der Waals surface area contributed by atoms with Gasteiger partial charge in [-0.15, -0.1) is 0 Å². The van der Waals surface area contributed by atoms with Crippen LogP contribution in [-0.2, 0) is 28.6 Å². The van der Waals surface area contributed by atoms with Gasteiger partial charge >= 0.3 is 17.9 Å². The third-order valence-corrected chi connectivity index (χ3v) is 14.5. The van der Waals surface area contributed by atoms with Crippen molar-refractivity contribution in [2.45, 2.75) is 368 Å². The second kappa shape index (κ2) is 57.3. The van der Waals surface area contributed by atoms with E-state index in [1.54, 1.807) is 0 Å². The van der Waals surface area contributed by atoms with Crippen molar-refractivity contribution in [3.8, 4) is 0 Å². The van der Waals surface area contributed by atoms with E-state index in [2.05, 4.69) is 27.7 Å². The summed E-state index contributed by atoms with van der Waals surface area (Å²) in [6.07, 6.45) is 63.9. The lowest BCUT2D eigenvalue weighted by molar-refractivity contribution is -0.167. The van der Waals surface area contributed by atoms with E-state index < -0.39 is 6.10 Å². The summed E-state index contributed by atoms with van der Waals surface area (Å²) in [5.41, 5.74) is 0. The normalized spacial score (nSPS) is 12.0. The van der Waals surface area contributed by atoms with Crippen molar-refractivity contribution in [3.63, 3.8) is 0 Å². The summed E-state index contributed by atoms with van der Waals surface area (Å²) in [6, 6.07) is 0. The van der Waals surface area contributed by atoms with Crippen LogP contribution in [0.4, 0.5) is 0 Å². The van der Waals surface area contributed by atoms with Crippen LogP contribution in [0.15, 0.2) is 0 Å². The zero-order chi connectivity index (χ0) is 50.2. The van der Waals surface area contributed by atoms with Crippen LogP contribution in [0.25, 0.3) is 0 Å². The molecule has 0 spiro atoms. The van der Waals surface area contributed by atoms with Gasteiger partial charge in [0, 0.05) is 19.3 Å². The van der Waals surface area contributed by atoms with Crippen LogP contribution in [-0.4, -0.2) is 37.2 Å². The fourth-order valence-corrected chi connectivity index (χ4v) is 9.81. The van der Waals surface area contributed by atoms with Crippen LogP contribution in [0, 0.1) is 5.92 Å². The number of esters is 3. The first-order chi connectivity index (χ1) is 33.9. The fourth-order valence-electron chi connectivity index (χ4n) is 9.81. The summed E-state index contributed by atoms with van der Waals surface area (Å²) in [7, 11) is 0. The zero-order valence-corrected chi connectivity index (χ0v) is 47.3. The number of ether oxygens (including phenoxy) is 3. The molecule has 0 saturated carbocycles. The van der Waals surface area contributed by atoms with Gasteiger partial charge in [-0.2, -0.15) is 0 Å². The molecule has 0 N–H and O–H groups in total. The molecule has 0 aromatic rings. The molecule has 0 aromatic heterocycles. The first-order valence-electron chi connectivity index (χ1n) is 31.4. The van der Waals surface area contributed by atoms with Crippen molar-refractivity contribution in [2.75, 3.05) is 13.2 Å². The molecule has 0 rings (SSSR count). The minimum atomic E-state index is -0.763. The Bertz CT molecular complexity index is 1040. The van der Waals surface area contributed by atoms with Crippen molar-refractivity contribution >= 4 is 17.9 Å². The predicted octanol–water partition coefficient (Wildman–Crippen LogP) is 21.0. The van der Waals surface area contributed by atoms with E-state index in [0.717, 1.165) is 63.7 Å². The monoisotopic (exact) mass is 975 g/mol. The molecule has 69 heavy (non-hydrogen) atoms. The molecule has 0 fully saturated rings. The van der Waals surface area contributed by atoms with Gasteiger partial charge in [0.1, 0.15) is 13.2 Å². The van der Waals surface area contributed by atoms with Crippen LogP contribution in [0.1, 0.15) is 362 Å². The second-order valence-electron chi connectivity index (χ2n) is 22.2. The molecule has 6 heteroatoms. The average molecular weight is 976 g/mol. The van der Waals surface area contributed by atoms with Gasteiger partial charge in [-0.3, -0.25) is 14.4 Å². The Morgan fingerprint density at radius 3 is 0.710 bits per heavy atom. The van der Waals surface area contributed by atoms with Crippen molar-refractivity contribution in [2.24, 2.45) is 5.92 Å². The van der Waals surface area contributed by atoms with Gasteiger partial charge in [0.25, 0.3) is 0 Å². The first-order valence-corrected chi connectivity index (χ1v) is 31.4. The summed E-state index contributed by atoms with van der Waals surface area (Å²) in [4.78, 5) is 38.3. The lowest BCUT2D eigenvalue weighted by Crippen LogP contribution is -2.30. The first kappa shape index (κ1) is 67.4. The van der Waals surface area contributed by atoms with E-state index in [1.165, 1.54) is 257 Å². The molecule has 0 unspecified atom stereocenters. The summed E-state index contributed by atoms with van der Waals surface area (Å²) in [5, 5.41) is 0. The molecule has 0 aromatic carbocycles. The molecule has 6 nitrogen and oxygen atoms in total. The number of carbonyl (C=O) groups is 3. The molecule has 1 atom stereocenters. The fraction of sp³-hybridized carbons (Fsp3) is 0.952. The van der Waals surface area contributed by atoms with Crippen molar-refractivity contribution in [1.82, 2.24) is 0 Å². The molecule has 0 radical (unpaired) electrons. The minimum absolute atomic E-state index is 0.0613. The maximum atomic E-state index is 12.9. The van der Waals surface area contributed by atoms with Gasteiger partial charge in [0.2, 0.25) is 0 Å². The molecule has 0 aliphatic carbocycles. The molecule has 0 aliphatic rings. The van der Waals surface area contributed by atoms with Crippen LogP contribution >= 0.6 is 0 Å². The number of carbonyl (C=O) groups excluding carboxylic acids is 3. The highest BCUT2D eigenvalue weighted by Gasteiger charge is 2.19. The van der Waals surface area contributed by atoms with E-state index in [4.69, 9.17) is 14.2 Å². The zero-order valence-electron chi connectivity index (χ0n) is 47.3. The number of hydrogen-bond acceptors (Lipinski definition) is 6. The Labute approximate surface area is 431 Å². The SMILES string of the molecule is CCCCCCCCCCCCCCCCCCCCCC(=O)OC[C@@H](COC(=O)CCCCCCCCCCCCCCCC(C)C)OC(=O)CCCCCCCCCCCCCCCCCC. The quantitative estimate of drug-likeness (QED) is 0.0343. The maximum absolute atomic E-state index is 12.9. The topological polar surface area (TPSA) is 78.9 Å². The van der Waals surface area contributed by atoms with E-state index in [1.807, 2.05) is 0 Å². The summed E-state index contributed by atoms with van der Waals surface area (Å²) in [5.74, 6) is 0.0107.